The number of benzene rings is 1. The lowest BCUT2D eigenvalue weighted by molar-refractivity contribution is -0.117. The molecular weight excluding hydrogens is 358 g/mol. The average molecular weight is 372 g/mol. The SMILES string of the molecule is COCc1noc(CN2C(=O)Cc3ncc(-c4ccc(F)c(F)c4)cc32)n1. The van der Waals surface area contributed by atoms with E-state index in [0.29, 0.717) is 28.3 Å². The fraction of sp³-hybridized carbons (Fsp3) is 0.222. The summed E-state index contributed by atoms with van der Waals surface area (Å²) in [5.74, 6) is -1.38. The Morgan fingerprint density at radius 1 is 1.22 bits per heavy atom. The smallest absolute Gasteiger partial charge is 0.246 e. The van der Waals surface area contributed by atoms with Crippen LogP contribution >= 0.6 is 0 Å². The van der Waals surface area contributed by atoms with Gasteiger partial charge in [0.25, 0.3) is 0 Å². The van der Waals surface area contributed by atoms with Crippen molar-refractivity contribution in [3.05, 3.63) is 59.5 Å². The predicted octanol–water partition coefficient (Wildman–Crippen LogP) is 2.65. The first kappa shape index (κ1) is 17.2. The highest BCUT2D eigenvalue weighted by Gasteiger charge is 2.30. The number of halogens is 2. The van der Waals surface area contributed by atoms with Crippen molar-refractivity contribution in [1.29, 1.82) is 0 Å². The summed E-state index contributed by atoms with van der Waals surface area (Å²) in [6.07, 6.45) is 1.68. The van der Waals surface area contributed by atoms with Crippen LogP contribution in [0.15, 0.2) is 35.0 Å². The van der Waals surface area contributed by atoms with Gasteiger partial charge in [-0.1, -0.05) is 11.2 Å². The second-order valence-electron chi connectivity index (χ2n) is 6.01. The Labute approximate surface area is 152 Å². The van der Waals surface area contributed by atoms with E-state index in [4.69, 9.17) is 9.26 Å². The van der Waals surface area contributed by atoms with Gasteiger partial charge in [-0.25, -0.2) is 8.78 Å². The van der Waals surface area contributed by atoms with E-state index >= 15 is 0 Å². The van der Waals surface area contributed by atoms with Gasteiger partial charge in [0.1, 0.15) is 13.2 Å². The van der Waals surface area contributed by atoms with E-state index < -0.39 is 11.6 Å². The largest absolute Gasteiger partial charge is 0.377 e. The highest BCUT2D eigenvalue weighted by atomic mass is 19.2. The van der Waals surface area contributed by atoms with Gasteiger partial charge in [0.2, 0.25) is 11.8 Å². The van der Waals surface area contributed by atoms with Crippen LogP contribution < -0.4 is 4.90 Å². The maximum Gasteiger partial charge on any atom is 0.246 e. The molecule has 27 heavy (non-hydrogen) atoms. The van der Waals surface area contributed by atoms with Gasteiger partial charge in [0.15, 0.2) is 17.5 Å². The minimum absolute atomic E-state index is 0.0887. The van der Waals surface area contributed by atoms with Crippen molar-refractivity contribution in [3.8, 4) is 11.1 Å². The van der Waals surface area contributed by atoms with Crippen LogP contribution in [0, 0.1) is 11.6 Å². The Balaban J connectivity index is 1.64. The Bertz CT molecular complexity index is 1020. The molecule has 0 atom stereocenters. The molecule has 7 nitrogen and oxygen atoms in total. The number of anilines is 1. The van der Waals surface area contributed by atoms with Gasteiger partial charge >= 0.3 is 0 Å². The Hall–Kier alpha value is -3.20. The number of carbonyl (C=O) groups excluding carboxylic acids is 1. The zero-order chi connectivity index (χ0) is 19.0. The van der Waals surface area contributed by atoms with Crippen LogP contribution in [0.4, 0.5) is 14.5 Å². The quantitative estimate of drug-likeness (QED) is 0.685. The monoisotopic (exact) mass is 372 g/mol. The molecule has 0 saturated carbocycles. The third kappa shape index (κ3) is 3.28. The Morgan fingerprint density at radius 2 is 2.07 bits per heavy atom. The third-order valence-electron chi connectivity index (χ3n) is 4.19. The van der Waals surface area contributed by atoms with Crippen LogP contribution in [0.2, 0.25) is 0 Å². The average Bonchev–Trinajstić information content (AvgIpc) is 3.22. The number of methoxy groups -OCH3 is 1. The molecule has 0 fully saturated rings. The number of pyridine rings is 1. The number of fused-ring (bicyclic) bond motifs is 1. The van der Waals surface area contributed by atoms with E-state index in [0.717, 1.165) is 12.1 Å². The molecule has 0 aliphatic carbocycles. The van der Waals surface area contributed by atoms with Gasteiger partial charge in [-0.15, -0.1) is 0 Å². The fourth-order valence-corrected chi connectivity index (χ4v) is 2.91. The first-order valence-corrected chi connectivity index (χ1v) is 8.10. The van der Waals surface area contributed by atoms with Gasteiger partial charge in [-0.2, -0.15) is 4.98 Å². The molecule has 3 heterocycles. The normalized spacial score (nSPS) is 13.3. The maximum absolute atomic E-state index is 13.5. The summed E-state index contributed by atoms with van der Waals surface area (Å²) in [5, 5.41) is 3.77. The van der Waals surface area contributed by atoms with Crippen molar-refractivity contribution in [3.63, 3.8) is 0 Å². The van der Waals surface area contributed by atoms with E-state index in [1.807, 2.05) is 0 Å². The summed E-state index contributed by atoms with van der Waals surface area (Å²) in [4.78, 5) is 22.3. The zero-order valence-corrected chi connectivity index (χ0v) is 14.3. The molecule has 3 aromatic rings. The number of nitrogens with zero attached hydrogens (tertiary/aromatic N) is 4. The minimum Gasteiger partial charge on any atom is -0.377 e. The highest BCUT2D eigenvalue weighted by molar-refractivity contribution is 6.01. The van der Waals surface area contributed by atoms with E-state index in [1.165, 1.54) is 24.3 Å². The first-order valence-electron chi connectivity index (χ1n) is 8.10. The molecule has 0 unspecified atom stereocenters. The van der Waals surface area contributed by atoms with Crippen LogP contribution in [0.1, 0.15) is 17.4 Å². The number of rotatable bonds is 5. The predicted molar refractivity (Wildman–Crippen MR) is 89.5 cm³/mol. The Morgan fingerprint density at radius 3 is 2.85 bits per heavy atom. The van der Waals surface area contributed by atoms with E-state index in [1.54, 1.807) is 6.07 Å². The molecule has 4 rings (SSSR count). The van der Waals surface area contributed by atoms with Crippen LogP contribution in [-0.4, -0.2) is 28.1 Å². The zero-order valence-electron chi connectivity index (χ0n) is 14.3. The summed E-state index contributed by atoms with van der Waals surface area (Å²) >= 11 is 0. The lowest BCUT2D eigenvalue weighted by atomic mass is 10.1. The molecule has 1 aliphatic rings. The van der Waals surface area contributed by atoms with Crippen LogP contribution in [0.3, 0.4) is 0 Å². The molecule has 2 aromatic heterocycles. The maximum atomic E-state index is 13.5. The van der Waals surface area contributed by atoms with E-state index in [2.05, 4.69) is 15.1 Å². The van der Waals surface area contributed by atoms with E-state index in [9.17, 15) is 13.6 Å². The first-order chi connectivity index (χ1) is 13.0. The number of amides is 1. The molecule has 0 radical (unpaired) electrons. The van der Waals surface area contributed by atoms with Gasteiger partial charge in [0.05, 0.1) is 17.8 Å². The molecule has 138 valence electrons. The Kier molecular flexibility index (Phi) is 4.36. The molecule has 0 spiro atoms. The van der Waals surface area contributed by atoms with E-state index in [-0.39, 0.29) is 31.4 Å². The van der Waals surface area contributed by atoms with Gasteiger partial charge in [-0.3, -0.25) is 9.78 Å². The minimum atomic E-state index is -0.947. The van der Waals surface area contributed by atoms with Crippen LogP contribution in [0.25, 0.3) is 11.1 Å². The molecule has 1 aliphatic heterocycles. The fourth-order valence-electron chi connectivity index (χ4n) is 2.91. The summed E-state index contributed by atoms with van der Waals surface area (Å²) in [7, 11) is 1.52. The summed E-state index contributed by atoms with van der Waals surface area (Å²) in [5.41, 5.74) is 2.21. The summed E-state index contributed by atoms with van der Waals surface area (Å²) in [6, 6.07) is 5.32. The molecule has 0 bridgehead atoms. The number of ether oxygens (including phenoxy) is 1. The molecule has 1 aromatic carbocycles. The molecule has 0 saturated heterocycles. The molecule has 1 amide bonds. The molecule has 0 N–H and O–H groups in total. The van der Waals surface area contributed by atoms with Crippen molar-refractivity contribution in [2.24, 2.45) is 0 Å². The second kappa shape index (κ2) is 6.84. The standard InChI is InChI=1S/C18H14F2N4O3/c1-26-9-16-22-17(27-23-16)8-24-15-5-11(7-21-14(15)6-18(24)25)10-2-3-12(19)13(20)4-10/h2-5,7H,6,8-9H2,1H3. The van der Waals surface area contributed by atoms with Crippen molar-refractivity contribution in [1.82, 2.24) is 15.1 Å². The number of hydrogen-bond acceptors (Lipinski definition) is 6. The number of carbonyl (C=O) groups is 1. The number of aromatic nitrogens is 3. The highest BCUT2D eigenvalue weighted by Crippen LogP contribution is 2.33. The number of hydrogen-bond donors (Lipinski definition) is 0. The topological polar surface area (TPSA) is 81.4 Å². The van der Waals surface area contributed by atoms with Crippen LogP contribution in [0.5, 0.6) is 0 Å². The third-order valence-corrected chi connectivity index (χ3v) is 4.19. The van der Waals surface area contributed by atoms with Crippen molar-refractivity contribution < 1.29 is 22.8 Å². The van der Waals surface area contributed by atoms with Crippen molar-refractivity contribution >= 4 is 11.6 Å². The second-order valence-corrected chi connectivity index (χ2v) is 6.01. The molecular formula is C18H14F2N4O3. The van der Waals surface area contributed by atoms with Gasteiger partial charge < -0.3 is 14.2 Å². The van der Waals surface area contributed by atoms with Crippen molar-refractivity contribution in [2.45, 2.75) is 19.6 Å². The lowest BCUT2D eigenvalue weighted by Crippen LogP contribution is -2.26. The van der Waals surface area contributed by atoms with Gasteiger partial charge in [-0.05, 0) is 23.8 Å². The lowest BCUT2D eigenvalue weighted by Gasteiger charge is -2.15. The van der Waals surface area contributed by atoms with Crippen molar-refractivity contribution in [2.75, 3.05) is 12.0 Å². The molecule has 9 heteroatoms. The summed E-state index contributed by atoms with van der Waals surface area (Å²) in [6.45, 7) is 0.293. The van der Waals surface area contributed by atoms with Gasteiger partial charge in [0, 0.05) is 18.9 Å². The summed E-state index contributed by atoms with van der Waals surface area (Å²) < 4.78 is 36.8. The van der Waals surface area contributed by atoms with Crippen LogP contribution in [-0.2, 0) is 29.1 Å².